The fraction of sp³-hybridized carbons (Fsp3) is 0.368. The first-order chi connectivity index (χ1) is 12.0. The van der Waals surface area contributed by atoms with Crippen LogP contribution in [0.4, 0.5) is 5.00 Å². The summed E-state index contributed by atoms with van der Waals surface area (Å²) in [6.07, 6.45) is 2.81. The first kappa shape index (κ1) is 18.0. The molecule has 132 valence electrons. The molecule has 1 unspecified atom stereocenters. The van der Waals surface area contributed by atoms with Gasteiger partial charge < -0.3 is 10.1 Å². The number of thiophene rings is 1. The molecule has 1 aliphatic carbocycles. The number of carbonyl (C=O) groups is 2. The monoisotopic (exact) mass is 377 g/mol. The number of amides is 1. The van der Waals surface area contributed by atoms with Crippen LogP contribution in [0.3, 0.4) is 0 Å². The third-order valence-electron chi connectivity index (χ3n) is 4.31. The Balaban J connectivity index is 1.94. The van der Waals surface area contributed by atoms with E-state index in [-0.39, 0.29) is 11.9 Å². The lowest BCUT2D eigenvalue weighted by Gasteiger charge is -2.18. The summed E-state index contributed by atoms with van der Waals surface area (Å²) in [5.74, 6) is -0.0617. The van der Waals surface area contributed by atoms with E-state index < -0.39 is 0 Å². The third-order valence-corrected chi connectivity index (χ3v) is 5.71. The van der Waals surface area contributed by atoms with Gasteiger partial charge in [-0.2, -0.15) is 0 Å². The molecule has 0 saturated heterocycles. The number of rotatable bonds is 4. The highest BCUT2D eigenvalue weighted by molar-refractivity contribution is 7.17. The third kappa shape index (κ3) is 3.88. The molecular weight excluding hydrogens is 358 g/mol. The van der Waals surface area contributed by atoms with Crippen molar-refractivity contribution in [1.82, 2.24) is 0 Å². The maximum Gasteiger partial charge on any atom is 0.341 e. The number of ether oxygens (including phenoxy) is 1. The van der Waals surface area contributed by atoms with E-state index in [2.05, 4.69) is 12.2 Å². The molecular formula is C19H20ClNO3S. The Morgan fingerprint density at radius 1 is 1.40 bits per heavy atom. The van der Waals surface area contributed by atoms with Crippen molar-refractivity contribution in [3.63, 3.8) is 0 Å². The summed E-state index contributed by atoms with van der Waals surface area (Å²) in [7, 11) is 0. The van der Waals surface area contributed by atoms with E-state index in [1.54, 1.807) is 31.2 Å². The lowest BCUT2D eigenvalue weighted by atomic mass is 9.88. The van der Waals surface area contributed by atoms with Crippen molar-refractivity contribution in [2.24, 2.45) is 5.92 Å². The highest BCUT2D eigenvalue weighted by Crippen LogP contribution is 2.40. The molecule has 2 aromatic rings. The van der Waals surface area contributed by atoms with E-state index in [0.29, 0.717) is 33.7 Å². The minimum absolute atomic E-state index is 0.278. The highest BCUT2D eigenvalue weighted by atomic mass is 35.5. The van der Waals surface area contributed by atoms with Crippen molar-refractivity contribution >= 4 is 39.8 Å². The zero-order chi connectivity index (χ0) is 18.0. The second-order valence-electron chi connectivity index (χ2n) is 6.24. The number of halogens is 1. The standard InChI is InChI=1S/C19H20ClNO3S/c1-3-24-19(23)16-14-8-7-11(2)9-15(14)25-18(16)21-17(22)12-5-4-6-13(20)10-12/h4-6,10-11H,3,7-9H2,1-2H3,(H,21,22). The minimum atomic E-state index is -0.365. The maximum atomic E-state index is 12.6. The molecule has 25 heavy (non-hydrogen) atoms. The Hall–Kier alpha value is -1.85. The number of anilines is 1. The largest absolute Gasteiger partial charge is 0.462 e. The molecule has 1 N–H and O–H groups in total. The topological polar surface area (TPSA) is 55.4 Å². The first-order valence-electron chi connectivity index (χ1n) is 8.38. The maximum absolute atomic E-state index is 12.6. The summed E-state index contributed by atoms with van der Waals surface area (Å²) in [6.45, 7) is 4.29. The Morgan fingerprint density at radius 3 is 2.92 bits per heavy atom. The van der Waals surface area contributed by atoms with Gasteiger partial charge in [0.2, 0.25) is 0 Å². The molecule has 6 heteroatoms. The van der Waals surface area contributed by atoms with Gasteiger partial charge in [-0.05, 0) is 55.9 Å². The van der Waals surface area contributed by atoms with Gasteiger partial charge in [0.05, 0.1) is 12.2 Å². The fourth-order valence-corrected chi connectivity index (χ4v) is 4.65. The van der Waals surface area contributed by atoms with Crippen LogP contribution in [0.2, 0.25) is 5.02 Å². The van der Waals surface area contributed by atoms with Crippen LogP contribution in [0.5, 0.6) is 0 Å². The Kier molecular flexibility index (Phi) is 5.45. The molecule has 0 aliphatic heterocycles. The molecule has 1 amide bonds. The smallest absolute Gasteiger partial charge is 0.341 e. The fourth-order valence-electron chi connectivity index (χ4n) is 3.06. The van der Waals surface area contributed by atoms with Crippen LogP contribution >= 0.6 is 22.9 Å². The Morgan fingerprint density at radius 2 is 2.20 bits per heavy atom. The predicted octanol–water partition coefficient (Wildman–Crippen LogP) is 4.96. The van der Waals surface area contributed by atoms with Gasteiger partial charge in [0.15, 0.2) is 0 Å². The molecule has 0 saturated carbocycles. The quantitative estimate of drug-likeness (QED) is 0.766. The predicted molar refractivity (Wildman–Crippen MR) is 101 cm³/mol. The number of hydrogen-bond donors (Lipinski definition) is 1. The average molecular weight is 378 g/mol. The van der Waals surface area contributed by atoms with E-state index in [4.69, 9.17) is 16.3 Å². The summed E-state index contributed by atoms with van der Waals surface area (Å²) < 4.78 is 5.22. The summed E-state index contributed by atoms with van der Waals surface area (Å²) in [5, 5.41) is 3.96. The first-order valence-corrected chi connectivity index (χ1v) is 9.57. The SMILES string of the molecule is CCOC(=O)c1c(NC(=O)c2cccc(Cl)c2)sc2c1CCC(C)C2. The molecule has 0 spiro atoms. The minimum Gasteiger partial charge on any atom is -0.462 e. The van der Waals surface area contributed by atoms with Gasteiger partial charge >= 0.3 is 5.97 Å². The van der Waals surface area contributed by atoms with Gasteiger partial charge in [-0.25, -0.2) is 4.79 Å². The molecule has 3 rings (SSSR count). The molecule has 1 atom stereocenters. The van der Waals surface area contributed by atoms with Gasteiger partial charge in [-0.1, -0.05) is 24.6 Å². The second-order valence-corrected chi connectivity index (χ2v) is 7.78. The van der Waals surface area contributed by atoms with Crippen LogP contribution in [-0.4, -0.2) is 18.5 Å². The second kappa shape index (κ2) is 7.58. The van der Waals surface area contributed by atoms with Crippen molar-refractivity contribution in [3.8, 4) is 0 Å². The molecule has 0 radical (unpaired) electrons. The lowest BCUT2D eigenvalue weighted by Crippen LogP contribution is -2.16. The summed E-state index contributed by atoms with van der Waals surface area (Å²) in [6, 6.07) is 6.75. The van der Waals surface area contributed by atoms with Crippen molar-refractivity contribution in [1.29, 1.82) is 0 Å². The molecule has 1 aliphatic rings. The number of esters is 1. The van der Waals surface area contributed by atoms with Crippen LogP contribution < -0.4 is 5.32 Å². The van der Waals surface area contributed by atoms with Gasteiger partial charge in [-0.3, -0.25) is 4.79 Å². The summed E-state index contributed by atoms with van der Waals surface area (Å²) >= 11 is 7.44. The number of hydrogen-bond acceptors (Lipinski definition) is 4. The average Bonchev–Trinajstić information content (AvgIpc) is 2.91. The number of nitrogens with one attached hydrogen (secondary N) is 1. The van der Waals surface area contributed by atoms with E-state index in [1.807, 2.05) is 0 Å². The number of benzene rings is 1. The molecule has 0 fully saturated rings. The summed E-state index contributed by atoms with van der Waals surface area (Å²) in [5.41, 5.74) is 2.01. The highest BCUT2D eigenvalue weighted by Gasteiger charge is 2.29. The van der Waals surface area contributed by atoms with E-state index in [0.717, 1.165) is 24.8 Å². The molecule has 1 heterocycles. The van der Waals surface area contributed by atoms with Crippen LogP contribution in [0, 0.1) is 5.92 Å². The molecule has 0 bridgehead atoms. The number of carbonyl (C=O) groups excluding carboxylic acids is 2. The lowest BCUT2D eigenvalue weighted by molar-refractivity contribution is 0.0526. The van der Waals surface area contributed by atoms with Crippen LogP contribution in [0.25, 0.3) is 0 Å². The Labute approximate surface area is 156 Å². The van der Waals surface area contributed by atoms with Crippen molar-refractivity contribution < 1.29 is 14.3 Å². The zero-order valence-corrected chi connectivity index (χ0v) is 15.8. The van der Waals surface area contributed by atoms with E-state index in [9.17, 15) is 9.59 Å². The van der Waals surface area contributed by atoms with E-state index in [1.165, 1.54) is 16.2 Å². The van der Waals surface area contributed by atoms with Crippen LogP contribution in [-0.2, 0) is 17.6 Å². The normalized spacial score (nSPS) is 16.2. The van der Waals surface area contributed by atoms with Gasteiger partial charge in [0, 0.05) is 15.5 Å². The van der Waals surface area contributed by atoms with Gasteiger partial charge in [0.25, 0.3) is 5.91 Å². The Bertz CT molecular complexity index is 815. The van der Waals surface area contributed by atoms with Gasteiger partial charge in [0.1, 0.15) is 5.00 Å². The molecule has 4 nitrogen and oxygen atoms in total. The number of fused-ring (bicyclic) bond motifs is 1. The van der Waals surface area contributed by atoms with Crippen molar-refractivity contribution in [3.05, 3.63) is 50.9 Å². The van der Waals surface area contributed by atoms with Crippen molar-refractivity contribution in [2.75, 3.05) is 11.9 Å². The van der Waals surface area contributed by atoms with E-state index >= 15 is 0 Å². The van der Waals surface area contributed by atoms with Crippen LogP contribution in [0.15, 0.2) is 24.3 Å². The molecule has 1 aromatic carbocycles. The summed E-state index contributed by atoms with van der Waals surface area (Å²) in [4.78, 5) is 26.2. The molecule has 1 aromatic heterocycles. The zero-order valence-electron chi connectivity index (χ0n) is 14.2. The van der Waals surface area contributed by atoms with Crippen molar-refractivity contribution in [2.45, 2.75) is 33.1 Å². The van der Waals surface area contributed by atoms with Crippen LogP contribution in [0.1, 0.15) is 51.4 Å². The van der Waals surface area contributed by atoms with Gasteiger partial charge in [-0.15, -0.1) is 11.3 Å².